The molecule has 0 spiro atoms. The molecule has 1 fully saturated rings. The van der Waals surface area contributed by atoms with E-state index in [1.165, 1.54) is 58.4 Å². The van der Waals surface area contributed by atoms with Crippen molar-refractivity contribution in [3.63, 3.8) is 0 Å². The predicted molar refractivity (Wildman–Crippen MR) is 113 cm³/mol. The van der Waals surface area contributed by atoms with E-state index in [2.05, 4.69) is 55.9 Å². The fourth-order valence-corrected chi connectivity index (χ4v) is 5.88. The third kappa shape index (κ3) is 3.40. The van der Waals surface area contributed by atoms with Gasteiger partial charge in [0.05, 0.1) is 5.39 Å². The number of piperidine rings is 1. The van der Waals surface area contributed by atoms with E-state index in [4.69, 9.17) is 4.98 Å². The predicted octanol–water partition coefficient (Wildman–Crippen LogP) is 5.47. The van der Waals surface area contributed by atoms with Crippen LogP contribution in [0, 0.1) is 20.8 Å². The number of rotatable bonds is 3. The van der Waals surface area contributed by atoms with E-state index in [0.717, 1.165) is 9.86 Å². The molecule has 0 radical (unpaired) electrons. The van der Waals surface area contributed by atoms with Gasteiger partial charge in [-0.2, -0.15) is 0 Å². The minimum atomic E-state index is 0.650. The van der Waals surface area contributed by atoms with Gasteiger partial charge in [-0.3, -0.25) is 0 Å². The Morgan fingerprint density at radius 3 is 2.58 bits per heavy atom. The Balaban J connectivity index is 1.78. The number of aromatic nitrogens is 2. The average Bonchev–Trinajstić information content (AvgIpc) is 2.96. The Kier molecular flexibility index (Phi) is 5.04. The molecule has 4 rings (SSSR count). The second kappa shape index (κ2) is 7.29. The maximum atomic E-state index is 4.70. The summed E-state index contributed by atoms with van der Waals surface area (Å²) < 4.78 is 0. The van der Waals surface area contributed by atoms with Crippen molar-refractivity contribution in [3.05, 3.63) is 40.5 Å². The van der Waals surface area contributed by atoms with Crippen molar-refractivity contribution in [2.24, 2.45) is 0 Å². The Hall–Kier alpha value is -1.43. The lowest BCUT2D eigenvalue weighted by Crippen LogP contribution is -2.31. The van der Waals surface area contributed by atoms with Gasteiger partial charge in [0, 0.05) is 15.7 Å². The van der Waals surface area contributed by atoms with Gasteiger partial charge in [0.2, 0.25) is 0 Å². The van der Waals surface area contributed by atoms with Crippen molar-refractivity contribution in [1.29, 1.82) is 0 Å². The molecule has 3 nitrogen and oxygen atoms in total. The number of benzene rings is 1. The Bertz CT molecular complexity index is 940. The van der Waals surface area contributed by atoms with Gasteiger partial charge >= 0.3 is 0 Å². The van der Waals surface area contributed by atoms with Crippen molar-refractivity contribution >= 4 is 33.3 Å². The summed E-state index contributed by atoms with van der Waals surface area (Å²) in [6, 6.07) is 6.77. The zero-order valence-electron chi connectivity index (χ0n) is 15.9. The highest BCUT2D eigenvalue weighted by atomic mass is 32.2. The van der Waals surface area contributed by atoms with Crippen molar-refractivity contribution in [1.82, 2.24) is 14.9 Å². The fourth-order valence-electron chi connectivity index (χ4n) is 3.61. The van der Waals surface area contributed by atoms with Crippen molar-refractivity contribution in [2.75, 3.05) is 20.1 Å². The van der Waals surface area contributed by atoms with Crippen LogP contribution in [0.2, 0.25) is 0 Å². The fraction of sp³-hybridized carbons (Fsp3) is 0.429. The minimum Gasteiger partial charge on any atom is -0.306 e. The summed E-state index contributed by atoms with van der Waals surface area (Å²) in [6.07, 6.45) is 4.20. The van der Waals surface area contributed by atoms with Crippen LogP contribution in [0.4, 0.5) is 0 Å². The van der Waals surface area contributed by atoms with Crippen molar-refractivity contribution in [3.8, 4) is 11.1 Å². The average molecular weight is 384 g/mol. The molecule has 3 heterocycles. The number of fused-ring (bicyclic) bond motifs is 1. The first-order valence-corrected chi connectivity index (χ1v) is 10.9. The summed E-state index contributed by atoms with van der Waals surface area (Å²) in [5.74, 6) is 0. The number of thioether (sulfide) groups is 1. The molecular weight excluding hydrogens is 358 g/mol. The number of hydrogen-bond donors (Lipinski definition) is 0. The molecule has 3 aromatic rings. The SMILES string of the molecule is Cc1ccc(-c2c(C)sc3ncnc(SC4CCN(C)CC4)c23)cc1C. The summed E-state index contributed by atoms with van der Waals surface area (Å²) in [5.41, 5.74) is 5.28. The Labute approximate surface area is 163 Å². The molecule has 0 saturated carbocycles. The molecule has 1 aliphatic heterocycles. The highest BCUT2D eigenvalue weighted by Crippen LogP contribution is 2.43. The monoisotopic (exact) mass is 383 g/mol. The summed E-state index contributed by atoms with van der Waals surface area (Å²) in [6.45, 7) is 8.92. The molecule has 1 aliphatic rings. The molecule has 0 aliphatic carbocycles. The van der Waals surface area contributed by atoms with Gasteiger partial charge < -0.3 is 4.90 Å². The number of likely N-dealkylation sites (tertiary alicyclic amines) is 1. The van der Waals surface area contributed by atoms with Gasteiger partial charge in [0.25, 0.3) is 0 Å². The summed E-state index contributed by atoms with van der Waals surface area (Å²) in [4.78, 5) is 14.1. The summed E-state index contributed by atoms with van der Waals surface area (Å²) in [7, 11) is 2.21. The minimum absolute atomic E-state index is 0.650. The number of thiophene rings is 1. The molecule has 0 bridgehead atoms. The molecular formula is C21H25N3S2. The van der Waals surface area contributed by atoms with Gasteiger partial charge in [-0.05, 0) is 70.4 Å². The molecule has 136 valence electrons. The third-order valence-electron chi connectivity index (χ3n) is 5.37. The van der Waals surface area contributed by atoms with Gasteiger partial charge in [-0.15, -0.1) is 23.1 Å². The highest BCUT2D eigenvalue weighted by Gasteiger charge is 2.22. The lowest BCUT2D eigenvalue weighted by molar-refractivity contribution is 0.282. The number of nitrogens with zero attached hydrogens (tertiary/aromatic N) is 3. The first-order chi connectivity index (χ1) is 12.5. The second-order valence-electron chi connectivity index (χ2n) is 7.31. The van der Waals surface area contributed by atoms with Gasteiger partial charge in [-0.1, -0.05) is 18.2 Å². The normalized spacial score (nSPS) is 16.5. The van der Waals surface area contributed by atoms with E-state index in [1.54, 1.807) is 17.7 Å². The van der Waals surface area contributed by atoms with Crippen LogP contribution in [0.3, 0.4) is 0 Å². The second-order valence-corrected chi connectivity index (χ2v) is 9.80. The lowest BCUT2D eigenvalue weighted by Gasteiger charge is -2.28. The van der Waals surface area contributed by atoms with Crippen molar-refractivity contribution in [2.45, 2.75) is 43.9 Å². The van der Waals surface area contributed by atoms with Gasteiger partial charge in [-0.25, -0.2) is 9.97 Å². The van der Waals surface area contributed by atoms with Crippen LogP contribution in [0.5, 0.6) is 0 Å². The van der Waals surface area contributed by atoms with E-state index < -0.39 is 0 Å². The number of aryl methyl sites for hydroxylation is 3. The molecule has 1 aromatic carbocycles. The Morgan fingerprint density at radius 1 is 1.08 bits per heavy atom. The molecule has 5 heteroatoms. The van der Waals surface area contributed by atoms with Gasteiger partial charge in [0.15, 0.2) is 0 Å². The summed E-state index contributed by atoms with van der Waals surface area (Å²) >= 11 is 3.74. The van der Waals surface area contributed by atoms with E-state index in [9.17, 15) is 0 Å². The maximum Gasteiger partial charge on any atom is 0.128 e. The molecule has 2 aromatic heterocycles. The molecule has 0 atom stereocenters. The first-order valence-electron chi connectivity index (χ1n) is 9.20. The molecule has 0 amide bonds. The zero-order chi connectivity index (χ0) is 18.3. The van der Waals surface area contributed by atoms with Crippen LogP contribution in [-0.4, -0.2) is 40.3 Å². The largest absolute Gasteiger partial charge is 0.306 e. The van der Waals surface area contributed by atoms with Crippen LogP contribution in [0.25, 0.3) is 21.3 Å². The van der Waals surface area contributed by atoms with E-state index >= 15 is 0 Å². The molecule has 0 unspecified atom stereocenters. The van der Waals surface area contributed by atoms with Crippen LogP contribution in [-0.2, 0) is 0 Å². The Morgan fingerprint density at radius 2 is 1.85 bits per heavy atom. The van der Waals surface area contributed by atoms with E-state index in [-0.39, 0.29) is 0 Å². The quantitative estimate of drug-likeness (QED) is 0.561. The smallest absolute Gasteiger partial charge is 0.128 e. The van der Waals surface area contributed by atoms with Crippen LogP contribution in [0.1, 0.15) is 28.8 Å². The topological polar surface area (TPSA) is 29.0 Å². The third-order valence-corrected chi connectivity index (χ3v) is 7.72. The summed E-state index contributed by atoms with van der Waals surface area (Å²) in [5, 5.41) is 3.06. The first kappa shape index (κ1) is 18.0. The van der Waals surface area contributed by atoms with Crippen molar-refractivity contribution < 1.29 is 0 Å². The van der Waals surface area contributed by atoms with Gasteiger partial charge in [0.1, 0.15) is 16.2 Å². The zero-order valence-corrected chi connectivity index (χ0v) is 17.5. The molecule has 26 heavy (non-hydrogen) atoms. The van der Waals surface area contributed by atoms with Crippen LogP contribution >= 0.6 is 23.1 Å². The molecule has 0 N–H and O–H groups in total. The van der Waals surface area contributed by atoms with Crippen LogP contribution in [0.15, 0.2) is 29.6 Å². The number of hydrogen-bond acceptors (Lipinski definition) is 5. The maximum absolute atomic E-state index is 4.70. The van der Waals surface area contributed by atoms with Crippen LogP contribution < -0.4 is 0 Å². The highest BCUT2D eigenvalue weighted by molar-refractivity contribution is 8.00. The van der Waals surface area contributed by atoms with E-state index in [1.807, 2.05) is 11.8 Å². The standard InChI is InChI=1S/C21H25N3S2/c1-13-5-6-16(11-14(13)2)18-15(3)25-20-19(18)21(23-12-22-20)26-17-7-9-24(4)10-8-17/h5-6,11-12,17H,7-10H2,1-4H3. The molecule has 1 saturated heterocycles. The van der Waals surface area contributed by atoms with E-state index in [0.29, 0.717) is 5.25 Å². The lowest BCUT2D eigenvalue weighted by atomic mass is 9.99.